The molecule has 0 aliphatic heterocycles. The van der Waals surface area contributed by atoms with Crippen molar-refractivity contribution in [2.24, 2.45) is 0 Å². The number of hydrogen-bond donors (Lipinski definition) is 2. The second-order valence-electron chi connectivity index (χ2n) is 5.49. The number of hydrogen-bond acceptors (Lipinski definition) is 3. The van der Waals surface area contributed by atoms with Gasteiger partial charge in [0, 0.05) is 6.54 Å². The van der Waals surface area contributed by atoms with Crippen LogP contribution >= 0.6 is 12.2 Å². The van der Waals surface area contributed by atoms with Crippen molar-refractivity contribution in [1.82, 2.24) is 10.6 Å². The minimum absolute atomic E-state index is 0.0412. The lowest BCUT2D eigenvalue weighted by Gasteiger charge is -2.14. The number of carbonyl (C=O) groups is 1. The van der Waals surface area contributed by atoms with Crippen LogP contribution in [-0.2, 0) is 4.79 Å². The Kier molecular flexibility index (Phi) is 8.51. The van der Waals surface area contributed by atoms with Crippen LogP contribution in [0.2, 0.25) is 0 Å². The highest BCUT2D eigenvalue weighted by Gasteiger charge is 2.10. The van der Waals surface area contributed by atoms with Crippen LogP contribution in [0.5, 0.6) is 5.75 Å². The first-order valence-electron chi connectivity index (χ1n) is 7.84. The highest BCUT2D eigenvalue weighted by molar-refractivity contribution is 7.80. The second kappa shape index (κ2) is 10.2. The molecule has 0 aliphatic rings. The summed E-state index contributed by atoms with van der Waals surface area (Å²) in [5.74, 6) is 0.849. The highest BCUT2D eigenvalue weighted by Crippen LogP contribution is 2.25. The normalized spacial score (nSPS) is 10.4. The van der Waals surface area contributed by atoms with Crippen molar-refractivity contribution in [3.63, 3.8) is 0 Å². The molecule has 0 radical (unpaired) electrons. The largest absolute Gasteiger partial charge is 0.483 e. The summed E-state index contributed by atoms with van der Waals surface area (Å²) in [7, 11) is 0. The van der Waals surface area contributed by atoms with E-state index in [1.807, 2.05) is 24.3 Å². The van der Waals surface area contributed by atoms with Crippen molar-refractivity contribution in [3.8, 4) is 5.75 Å². The number of para-hydroxylation sites is 1. The van der Waals surface area contributed by atoms with Crippen LogP contribution in [-0.4, -0.2) is 24.2 Å². The molecule has 0 bridgehead atoms. The predicted molar refractivity (Wildman–Crippen MR) is 94.3 cm³/mol. The molecule has 1 rings (SSSR count). The van der Waals surface area contributed by atoms with Crippen LogP contribution in [0.4, 0.5) is 0 Å². The summed E-state index contributed by atoms with van der Waals surface area (Å²) in [6.07, 6.45) is 3.35. The number of carbonyl (C=O) groups excluding carboxylic acids is 1. The number of nitrogens with one attached hydrogen (secondary N) is 2. The summed E-state index contributed by atoms with van der Waals surface area (Å²) >= 11 is 5.08. The molecule has 5 heteroatoms. The molecule has 0 saturated heterocycles. The van der Waals surface area contributed by atoms with E-state index in [0.29, 0.717) is 11.0 Å². The maximum atomic E-state index is 11.8. The molecule has 0 spiro atoms. The number of rotatable bonds is 8. The Bertz CT molecular complexity index is 489. The monoisotopic (exact) mass is 322 g/mol. The van der Waals surface area contributed by atoms with Crippen molar-refractivity contribution in [3.05, 3.63) is 29.8 Å². The highest BCUT2D eigenvalue weighted by atomic mass is 32.1. The topological polar surface area (TPSA) is 50.4 Å². The van der Waals surface area contributed by atoms with Crippen LogP contribution < -0.4 is 15.4 Å². The summed E-state index contributed by atoms with van der Waals surface area (Å²) < 4.78 is 5.60. The first kappa shape index (κ1) is 18.4. The summed E-state index contributed by atoms with van der Waals surface area (Å²) in [6, 6.07) is 7.76. The minimum atomic E-state index is -0.244. The maximum Gasteiger partial charge on any atom is 0.264 e. The summed E-state index contributed by atoms with van der Waals surface area (Å²) in [5, 5.41) is 6.02. The van der Waals surface area contributed by atoms with Gasteiger partial charge in [-0.3, -0.25) is 4.79 Å². The Morgan fingerprint density at radius 2 is 2.00 bits per heavy atom. The fraction of sp³-hybridized carbons (Fsp3) is 0.529. The molecule has 1 aromatic rings. The Balaban J connectivity index is 2.36. The number of thiocarbonyl (C=S) groups is 1. The molecule has 0 atom stereocenters. The molecule has 2 N–H and O–H groups in total. The molecule has 0 heterocycles. The van der Waals surface area contributed by atoms with E-state index < -0.39 is 0 Å². The van der Waals surface area contributed by atoms with Crippen molar-refractivity contribution in [2.75, 3.05) is 13.2 Å². The van der Waals surface area contributed by atoms with Gasteiger partial charge < -0.3 is 15.4 Å². The van der Waals surface area contributed by atoms with Crippen molar-refractivity contribution < 1.29 is 9.53 Å². The molecule has 22 heavy (non-hydrogen) atoms. The van der Waals surface area contributed by atoms with Gasteiger partial charge in [0.05, 0.1) is 0 Å². The minimum Gasteiger partial charge on any atom is -0.483 e. The van der Waals surface area contributed by atoms with E-state index in [4.69, 9.17) is 17.0 Å². The molecular formula is C17H26N2O2S. The van der Waals surface area contributed by atoms with Crippen LogP contribution in [0.15, 0.2) is 24.3 Å². The van der Waals surface area contributed by atoms with Crippen molar-refractivity contribution in [1.29, 1.82) is 0 Å². The van der Waals surface area contributed by atoms with E-state index in [1.165, 1.54) is 0 Å². The average molecular weight is 322 g/mol. The number of amides is 1. The van der Waals surface area contributed by atoms with Gasteiger partial charge in [0.15, 0.2) is 11.7 Å². The molecule has 0 aromatic heterocycles. The molecule has 0 unspecified atom stereocenters. The van der Waals surface area contributed by atoms with Gasteiger partial charge in [-0.15, -0.1) is 0 Å². The van der Waals surface area contributed by atoms with E-state index in [1.54, 1.807) is 0 Å². The second-order valence-corrected chi connectivity index (χ2v) is 5.90. The Morgan fingerprint density at radius 3 is 2.68 bits per heavy atom. The van der Waals surface area contributed by atoms with E-state index in [2.05, 4.69) is 31.4 Å². The number of unbranched alkanes of at least 4 members (excludes halogenated alkanes) is 2. The first-order valence-corrected chi connectivity index (χ1v) is 8.24. The lowest BCUT2D eigenvalue weighted by atomic mass is 10.0. The summed E-state index contributed by atoms with van der Waals surface area (Å²) in [4.78, 5) is 11.8. The standard InChI is InChI=1S/C17H26N2O2S/c1-4-5-8-11-18-17(22)19-16(20)12-21-15-10-7-6-9-14(15)13(2)3/h6-7,9-10,13H,4-5,8,11-12H2,1-3H3,(H2,18,19,20,22). The van der Waals surface area contributed by atoms with Gasteiger partial charge in [0.25, 0.3) is 5.91 Å². The van der Waals surface area contributed by atoms with Gasteiger partial charge in [-0.2, -0.15) is 0 Å². The molecule has 1 aromatic carbocycles. The molecule has 0 fully saturated rings. The smallest absolute Gasteiger partial charge is 0.264 e. The van der Waals surface area contributed by atoms with Crippen molar-refractivity contribution in [2.45, 2.75) is 46.0 Å². The van der Waals surface area contributed by atoms with Gasteiger partial charge in [0.2, 0.25) is 0 Å². The maximum absolute atomic E-state index is 11.8. The molecule has 122 valence electrons. The van der Waals surface area contributed by atoms with Crippen molar-refractivity contribution >= 4 is 23.2 Å². The third-order valence-electron chi connectivity index (χ3n) is 3.22. The predicted octanol–water partition coefficient (Wildman–Crippen LogP) is 3.37. The molecule has 1 amide bonds. The molecule has 4 nitrogen and oxygen atoms in total. The van der Waals surface area contributed by atoms with E-state index in [9.17, 15) is 4.79 Å². The SMILES string of the molecule is CCCCCNC(=S)NC(=O)COc1ccccc1C(C)C. The number of benzene rings is 1. The molecule has 0 saturated carbocycles. The van der Waals surface area contributed by atoms with Gasteiger partial charge in [-0.1, -0.05) is 51.8 Å². The fourth-order valence-electron chi connectivity index (χ4n) is 2.02. The molecular weight excluding hydrogens is 296 g/mol. The van der Waals surface area contributed by atoms with E-state index in [0.717, 1.165) is 37.1 Å². The van der Waals surface area contributed by atoms with Crippen LogP contribution in [0.1, 0.15) is 51.5 Å². The summed E-state index contributed by atoms with van der Waals surface area (Å²) in [6.45, 7) is 7.08. The Labute approximate surface area is 138 Å². The van der Waals surface area contributed by atoms with E-state index in [-0.39, 0.29) is 12.5 Å². The zero-order valence-electron chi connectivity index (χ0n) is 13.6. The lowest BCUT2D eigenvalue weighted by Crippen LogP contribution is -2.41. The van der Waals surface area contributed by atoms with Crippen LogP contribution in [0, 0.1) is 0 Å². The van der Waals surface area contributed by atoms with Gasteiger partial charge in [-0.05, 0) is 36.2 Å². The molecule has 0 aliphatic carbocycles. The van der Waals surface area contributed by atoms with E-state index >= 15 is 0 Å². The fourth-order valence-corrected chi connectivity index (χ4v) is 2.23. The lowest BCUT2D eigenvalue weighted by molar-refractivity contribution is -0.121. The van der Waals surface area contributed by atoms with Crippen LogP contribution in [0.3, 0.4) is 0 Å². The average Bonchev–Trinajstić information content (AvgIpc) is 2.49. The van der Waals surface area contributed by atoms with Crippen LogP contribution in [0.25, 0.3) is 0 Å². The van der Waals surface area contributed by atoms with Gasteiger partial charge in [0.1, 0.15) is 5.75 Å². The first-order chi connectivity index (χ1) is 10.5. The number of ether oxygens (including phenoxy) is 1. The Morgan fingerprint density at radius 1 is 1.27 bits per heavy atom. The zero-order chi connectivity index (χ0) is 16.4. The third-order valence-corrected chi connectivity index (χ3v) is 3.47. The van der Waals surface area contributed by atoms with Gasteiger partial charge >= 0.3 is 0 Å². The Hall–Kier alpha value is -1.62. The zero-order valence-corrected chi connectivity index (χ0v) is 14.5. The summed E-state index contributed by atoms with van der Waals surface area (Å²) in [5.41, 5.74) is 1.09. The third kappa shape index (κ3) is 6.89. The quantitative estimate of drug-likeness (QED) is 0.569. The van der Waals surface area contributed by atoms with Gasteiger partial charge in [-0.25, -0.2) is 0 Å².